The van der Waals surface area contributed by atoms with Gasteiger partial charge in [-0.3, -0.25) is 0 Å². The van der Waals surface area contributed by atoms with Gasteiger partial charge in [-0.25, -0.2) is 0 Å². The molecule has 19 heavy (non-hydrogen) atoms. The summed E-state index contributed by atoms with van der Waals surface area (Å²) in [6, 6.07) is 12.1. The predicted octanol–water partition coefficient (Wildman–Crippen LogP) is 3.73. The van der Waals surface area contributed by atoms with E-state index in [1.165, 1.54) is 11.1 Å². The number of benzene rings is 2. The summed E-state index contributed by atoms with van der Waals surface area (Å²) in [4.78, 5) is 0. The van der Waals surface area contributed by atoms with E-state index in [-0.39, 0.29) is 6.04 Å². The molecule has 3 heteroatoms. The summed E-state index contributed by atoms with van der Waals surface area (Å²) < 4.78 is 5.43. The maximum Gasteiger partial charge on any atom is 0.0725 e. The summed E-state index contributed by atoms with van der Waals surface area (Å²) in [6.45, 7) is 3.40. The zero-order chi connectivity index (χ0) is 13.4. The van der Waals surface area contributed by atoms with Gasteiger partial charge >= 0.3 is 0 Å². The third-order valence-corrected chi connectivity index (χ3v) is 3.92. The highest BCUT2D eigenvalue weighted by Crippen LogP contribution is 2.30. The minimum absolute atomic E-state index is 0.195. The van der Waals surface area contributed by atoms with Crippen molar-refractivity contribution in [2.75, 3.05) is 0 Å². The smallest absolute Gasteiger partial charge is 0.0725 e. The standard InChI is InChI=1S/C16H16ClNO/c1-10-2-5-14(15(17)6-10)16(18)11-3-4-12-8-19-9-13(12)7-11/h2-7,16H,8-9,18H2,1H3. The molecule has 1 heterocycles. The molecule has 2 N–H and O–H groups in total. The third-order valence-electron chi connectivity index (χ3n) is 3.60. The van der Waals surface area contributed by atoms with Gasteiger partial charge in [0.25, 0.3) is 0 Å². The van der Waals surface area contributed by atoms with E-state index in [0.717, 1.165) is 21.7 Å². The Morgan fingerprint density at radius 2 is 1.89 bits per heavy atom. The zero-order valence-corrected chi connectivity index (χ0v) is 11.6. The lowest BCUT2D eigenvalue weighted by Gasteiger charge is -2.15. The summed E-state index contributed by atoms with van der Waals surface area (Å²) in [6.07, 6.45) is 0. The van der Waals surface area contributed by atoms with Crippen molar-refractivity contribution in [2.45, 2.75) is 26.2 Å². The molecule has 0 saturated heterocycles. The molecule has 0 saturated carbocycles. The Bertz CT molecular complexity index is 624. The number of hydrogen-bond donors (Lipinski definition) is 1. The second kappa shape index (κ2) is 4.97. The Morgan fingerprint density at radius 1 is 1.11 bits per heavy atom. The molecule has 2 nitrogen and oxygen atoms in total. The lowest BCUT2D eigenvalue weighted by molar-refractivity contribution is 0.134. The van der Waals surface area contributed by atoms with Crippen LogP contribution in [0.4, 0.5) is 0 Å². The average molecular weight is 274 g/mol. The van der Waals surface area contributed by atoms with Crippen LogP contribution in [0, 0.1) is 6.92 Å². The van der Waals surface area contributed by atoms with Gasteiger partial charge in [0, 0.05) is 5.02 Å². The second-order valence-corrected chi connectivity index (χ2v) is 5.43. The highest BCUT2D eigenvalue weighted by molar-refractivity contribution is 6.31. The minimum Gasteiger partial charge on any atom is -0.372 e. The van der Waals surface area contributed by atoms with E-state index in [1.807, 2.05) is 25.1 Å². The average Bonchev–Trinajstić information content (AvgIpc) is 2.85. The van der Waals surface area contributed by atoms with Gasteiger partial charge in [-0.2, -0.15) is 0 Å². The molecule has 98 valence electrons. The molecule has 0 aliphatic carbocycles. The fourth-order valence-electron chi connectivity index (χ4n) is 2.45. The molecule has 2 aromatic rings. The SMILES string of the molecule is Cc1ccc(C(N)c2ccc3c(c2)COC3)c(Cl)c1. The lowest BCUT2D eigenvalue weighted by Crippen LogP contribution is -2.12. The molecule has 0 aromatic heterocycles. The quantitative estimate of drug-likeness (QED) is 0.905. The molecule has 0 bridgehead atoms. The van der Waals surface area contributed by atoms with E-state index < -0.39 is 0 Å². The van der Waals surface area contributed by atoms with Crippen LogP contribution < -0.4 is 5.73 Å². The van der Waals surface area contributed by atoms with Crippen molar-refractivity contribution in [1.29, 1.82) is 0 Å². The Morgan fingerprint density at radius 3 is 2.68 bits per heavy atom. The zero-order valence-electron chi connectivity index (χ0n) is 10.8. The van der Waals surface area contributed by atoms with Crippen LogP contribution >= 0.6 is 11.6 Å². The number of aryl methyl sites for hydroxylation is 1. The molecular formula is C16H16ClNO. The first kappa shape index (κ1) is 12.7. The Hall–Kier alpha value is -1.35. The first-order valence-corrected chi connectivity index (χ1v) is 6.74. The van der Waals surface area contributed by atoms with Crippen molar-refractivity contribution in [2.24, 2.45) is 5.73 Å². The van der Waals surface area contributed by atoms with Gasteiger partial charge in [0.05, 0.1) is 19.3 Å². The van der Waals surface area contributed by atoms with Crippen LogP contribution in [0.5, 0.6) is 0 Å². The molecule has 1 atom stereocenters. The Balaban J connectivity index is 1.97. The van der Waals surface area contributed by atoms with Crippen molar-refractivity contribution >= 4 is 11.6 Å². The maximum atomic E-state index is 6.34. The van der Waals surface area contributed by atoms with Crippen molar-refractivity contribution < 1.29 is 4.74 Å². The van der Waals surface area contributed by atoms with Crippen LogP contribution in [0.2, 0.25) is 5.02 Å². The van der Waals surface area contributed by atoms with Gasteiger partial charge in [-0.1, -0.05) is 41.9 Å². The minimum atomic E-state index is -0.195. The third kappa shape index (κ3) is 2.39. The first-order chi connectivity index (χ1) is 9.15. The van der Waals surface area contributed by atoms with E-state index in [4.69, 9.17) is 22.1 Å². The number of ether oxygens (including phenoxy) is 1. The molecule has 0 spiro atoms. The number of nitrogens with two attached hydrogens (primary N) is 1. The van der Waals surface area contributed by atoms with E-state index in [9.17, 15) is 0 Å². The summed E-state index contributed by atoms with van der Waals surface area (Å²) in [7, 11) is 0. The summed E-state index contributed by atoms with van der Waals surface area (Å²) in [5.41, 5.74) is 12.0. The number of hydrogen-bond acceptors (Lipinski definition) is 2. The van der Waals surface area contributed by atoms with Crippen molar-refractivity contribution in [3.05, 3.63) is 69.2 Å². The van der Waals surface area contributed by atoms with Crippen LogP contribution in [0.25, 0.3) is 0 Å². The molecule has 3 rings (SSSR count). The van der Waals surface area contributed by atoms with Crippen LogP contribution in [-0.2, 0) is 18.0 Å². The van der Waals surface area contributed by atoms with Crippen molar-refractivity contribution in [3.8, 4) is 0 Å². The molecule has 1 aliphatic heterocycles. The summed E-state index contributed by atoms with van der Waals surface area (Å²) >= 11 is 6.29. The fraction of sp³-hybridized carbons (Fsp3) is 0.250. The molecular weight excluding hydrogens is 258 g/mol. The molecule has 2 aromatic carbocycles. The predicted molar refractivity (Wildman–Crippen MR) is 77.2 cm³/mol. The molecule has 0 radical (unpaired) electrons. The normalized spacial score (nSPS) is 15.3. The van der Waals surface area contributed by atoms with Gasteiger partial charge in [0.1, 0.15) is 0 Å². The number of rotatable bonds is 2. The first-order valence-electron chi connectivity index (χ1n) is 6.36. The molecule has 1 unspecified atom stereocenters. The van der Waals surface area contributed by atoms with E-state index in [2.05, 4.69) is 18.2 Å². The van der Waals surface area contributed by atoms with Crippen LogP contribution in [0.15, 0.2) is 36.4 Å². The highest BCUT2D eigenvalue weighted by Gasteiger charge is 2.16. The monoisotopic (exact) mass is 273 g/mol. The lowest BCUT2D eigenvalue weighted by atomic mass is 9.96. The molecule has 0 fully saturated rings. The van der Waals surface area contributed by atoms with Crippen LogP contribution in [0.3, 0.4) is 0 Å². The van der Waals surface area contributed by atoms with Gasteiger partial charge in [0.15, 0.2) is 0 Å². The highest BCUT2D eigenvalue weighted by atomic mass is 35.5. The summed E-state index contributed by atoms with van der Waals surface area (Å²) in [5, 5.41) is 0.726. The maximum absolute atomic E-state index is 6.34. The van der Waals surface area contributed by atoms with Gasteiger partial charge < -0.3 is 10.5 Å². The van der Waals surface area contributed by atoms with Crippen molar-refractivity contribution in [1.82, 2.24) is 0 Å². The number of halogens is 1. The van der Waals surface area contributed by atoms with Crippen LogP contribution in [0.1, 0.15) is 33.9 Å². The van der Waals surface area contributed by atoms with E-state index in [1.54, 1.807) is 0 Å². The topological polar surface area (TPSA) is 35.2 Å². The van der Waals surface area contributed by atoms with Crippen LogP contribution in [-0.4, -0.2) is 0 Å². The largest absolute Gasteiger partial charge is 0.372 e. The van der Waals surface area contributed by atoms with E-state index >= 15 is 0 Å². The van der Waals surface area contributed by atoms with Crippen molar-refractivity contribution in [3.63, 3.8) is 0 Å². The number of fused-ring (bicyclic) bond motifs is 1. The molecule has 1 aliphatic rings. The van der Waals surface area contributed by atoms with Gasteiger partial charge in [-0.15, -0.1) is 0 Å². The summed E-state index contributed by atoms with van der Waals surface area (Å²) in [5.74, 6) is 0. The van der Waals surface area contributed by atoms with Gasteiger partial charge in [-0.05, 0) is 40.8 Å². The fourth-order valence-corrected chi connectivity index (χ4v) is 2.80. The van der Waals surface area contributed by atoms with E-state index in [0.29, 0.717) is 13.2 Å². The Labute approximate surface area is 118 Å². The van der Waals surface area contributed by atoms with Gasteiger partial charge in [0.2, 0.25) is 0 Å². The second-order valence-electron chi connectivity index (χ2n) is 5.02. The molecule has 0 amide bonds. The Kier molecular flexibility index (Phi) is 3.31.